The van der Waals surface area contributed by atoms with Crippen LogP contribution < -0.4 is 5.32 Å². The Morgan fingerprint density at radius 1 is 1.05 bits per heavy atom. The lowest BCUT2D eigenvalue weighted by atomic mass is 9.99. The minimum atomic E-state index is -0.328. The van der Waals surface area contributed by atoms with Crippen LogP contribution in [0.25, 0.3) is 0 Å². The van der Waals surface area contributed by atoms with E-state index in [0.717, 1.165) is 19.3 Å². The van der Waals surface area contributed by atoms with E-state index in [1.807, 2.05) is 12.1 Å². The van der Waals surface area contributed by atoms with E-state index in [1.54, 1.807) is 18.2 Å². The van der Waals surface area contributed by atoms with Crippen LogP contribution in [0.15, 0.2) is 48.5 Å². The molecule has 3 rings (SSSR count). The van der Waals surface area contributed by atoms with E-state index < -0.39 is 0 Å². The number of anilines is 1. The zero-order chi connectivity index (χ0) is 14.7. The predicted molar refractivity (Wildman–Crippen MR) is 83.5 cm³/mol. The van der Waals surface area contributed by atoms with Crippen LogP contribution in [0.5, 0.6) is 0 Å². The van der Waals surface area contributed by atoms with E-state index in [9.17, 15) is 10.1 Å². The molecular weight excluding hydrogens is 264 g/mol. The molecule has 2 aromatic rings. The van der Waals surface area contributed by atoms with E-state index in [-0.39, 0.29) is 16.7 Å². The molecule has 1 aliphatic carbocycles. The summed E-state index contributed by atoms with van der Waals surface area (Å²) in [5.74, 6) is 0. The highest BCUT2D eigenvalue weighted by Gasteiger charge is 2.21. The van der Waals surface area contributed by atoms with Gasteiger partial charge in [0.25, 0.3) is 5.69 Å². The molecule has 1 aliphatic rings. The second-order valence-corrected chi connectivity index (χ2v) is 5.42. The third kappa shape index (κ3) is 2.89. The summed E-state index contributed by atoms with van der Waals surface area (Å²) in [6.45, 7) is 0. The van der Waals surface area contributed by atoms with Crippen LogP contribution in [0.1, 0.15) is 36.4 Å². The fourth-order valence-corrected chi connectivity index (χ4v) is 3.01. The number of para-hydroxylation sites is 2. The summed E-state index contributed by atoms with van der Waals surface area (Å²) < 4.78 is 0. The van der Waals surface area contributed by atoms with Gasteiger partial charge in [-0.3, -0.25) is 10.1 Å². The quantitative estimate of drug-likeness (QED) is 0.513. The zero-order valence-corrected chi connectivity index (χ0v) is 11.8. The third-order valence-electron chi connectivity index (χ3n) is 4.05. The molecule has 0 aromatic heterocycles. The Kier molecular flexibility index (Phi) is 3.86. The molecule has 0 bridgehead atoms. The number of nitrogens with one attached hydrogen (secondary N) is 1. The highest BCUT2D eigenvalue weighted by Crippen LogP contribution is 2.34. The van der Waals surface area contributed by atoms with Crippen molar-refractivity contribution in [1.29, 1.82) is 0 Å². The fraction of sp³-hybridized carbons (Fsp3) is 0.294. The number of aryl methyl sites for hydroxylation is 1. The van der Waals surface area contributed by atoms with Gasteiger partial charge >= 0.3 is 0 Å². The Labute approximate surface area is 124 Å². The fourth-order valence-electron chi connectivity index (χ4n) is 3.01. The van der Waals surface area contributed by atoms with Crippen molar-refractivity contribution in [3.05, 3.63) is 69.8 Å². The van der Waals surface area contributed by atoms with Crippen molar-refractivity contribution in [2.75, 3.05) is 5.32 Å². The molecule has 0 fully saturated rings. The van der Waals surface area contributed by atoms with Crippen molar-refractivity contribution in [2.45, 2.75) is 31.7 Å². The second-order valence-electron chi connectivity index (χ2n) is 5.42. The lowest BCUT2D eigenvalue weighted by molar-refractivity contribution is -0.384. The molecule has 0 saturated heterocycles. The van der Waals surface area contributed by atoms with Gasteiger partial charge in [-0.2, -0.15) is 0 Å². The minimum Gasteiger partial charge on any atom is -0.373 e. The maximum Gasteiger partial charge on any atom is 0.292 e. The average Bonchev–Trinajstić information content (AvgIpc) is 2.70. The highest BCUT2D eigenvalue weighted by molar-refractivity contribution is 5.62. The van der Waals surface area contributed by atoms with Gasteiger partial charge < -0.3 is 5.32 Å². The summed E-state index contributed by atoms with van der Waals surface area (Å²) in [6, 6.07) is 15.4. The van der Waals surface area contributed by atoms with Gasteiger partial charge in [0.05, 0.1) is 11.0 Å². The molecule has 0 aliphatic heterocycles. The first-order valence-corrected chi connectivity index (χ1v) is 7.33. The number of benzene rings is 2. The topological polar surface area (TPSA) is 55.2 Å². The van der Waals surface area contributed by atoms with Crippen molar-refractivity contribution < 1.29 is 4.92 Å². The molecule has 4 heteroatoms. The minimum absolute atomic E-state index is 0.138. The predicted octanol–water partition coefficient (Wildman–Crippen LogP) is 4.47. The van der Waals surface area contributed by atoms with Crippen LogP contribution in [0.2, 0.25) is 0 Å². The van der Waals surface area contributed by atoms with E-state index >= 15 is 0 Å². The van der Waals surface area contributed by atoms with Gasteiger partial charge in [0.2, 0.25) is 0 Å². The second kappa shape index (κ2) is 5.95. The first-order chi connectivity index (χ1) is 10.3. The Balaban J connectivity index is 1.93. The van der Waals surface area contributed by atoms with Crippen molar-refractivity contribution in [2.24, 2.45) is 0 Å². The lowest BCUT2D eigenvalue weighted by Gasteiger charge is -2.20. The molecule has 1 N–H and O–H groups in total. The summed E-state index contributed by atoms with van der Waals surface area (Å²) in [5, 5.41) is 14.5. The number of nitro benzene ring substituents is 1. The molecule has 0 spiro atoms. The van der Waals surface area contributed by atoms with Gasteiger partial charge in [0.15, 0.2) is 0 Å². The van der Waals surface area contributed by atoms with Gasteiger partial charge in [-0.1, -0.05) is 42.8 Å². The summed E-state index contributed by atoms with van der Waals surface area (Å²) in [6.07, 6.45) is 4.40. The van der Waals surface area contributed by atoms with Crippen LogP contribution >= 0.6 is 0 Å². The van der Waals surface area contributed by atoms with Crippen molar-refractivity contribution >= 4 is 11.4 Å². The van der Waals surface area contributed by atoms with E-state index in [2.05, 4.69) is 23.5 Å². The van der Waals surface area contributed by atoms with Crippen molar-refractivity contribution in [3.8, 4) is 0 Å². The molecule has 108 valence electrons. The van der Waals surface area contributed by atoms with Crippen LogP contribution in [0.3, 0.4) is 0 Å². The number of nitro groups is 1. The normalized spacial score (nSPS) is 17.6. The number of hydrogen-bond acceptors (Lipinski definition) is 3. The van der Waals surface area contributed by atoms with E-state index in [1.165, 1.54) is 17.5 Å². The van der Waals surface area contributed by atoms with E-state index in [0.29, 0.717) is 5.69 Å². The first-order valence-electron chi connectivity index (χ1n) is 7.33. The molecule has 1 unspecified atom stereocenters. The number of nitrogens with zero attached hydrogens (tertiary/aromatic N) is 1. The van der Waals surface area contributed by atoms with Gasteiger partial charge in [0, 0.05) is 6.07 Å². The standard InChI is InChI=1S/C17H18N2O2/c20-19(21)17-12-6-5-11-16(17)18-15-10-4-2-8-13-7-1-3-9-14(13)15/h1,3,5-7,9,11-12,15,18H,2,4,8,10H2. The molecular formula is C17H18N2O2. The monoisotopic (exact) mass is 282 g/mol. The SMILES string of the molecule is O=[N+]([O-])c1ccccc1NC1CCCCc2ccccc21. The van der Waals surface area contributed by atoms with E-state index in [4.69, 9.17) is 0 Å². The van der Waals surface area contributed by atoms with Crippen molar-refractivity contribution in [3.63, 3.8) is 0 Å². The number of rotatable bonds is 3. The maximum atomic E-state index is 11.1. The van der Waals surface area contributed by atoms with Gasteiger partial charge in [0.1, 0.15) is 5.69 Å². The summed E-state index contributed by atoms with van der Waals surface area (Å²) in [5.41, 5.74) is 3.36. The maximum absolute atomic E-state index is 11.1. The van der Waals surface area contributed by atoms with Crippen LogP contribution in [-0.2, 0) is 6.42 Å². The van der Waals surface area contributed by atoms with Crippen LogP contribution in [0.4, 0.5) is 11.4 Å². The van der Waals surface area contributed by atoms with Crippen LogP contribution in [0, 0.1) is 10.1 Å². The molecule has 0 radical (unpaired) electrons. The Morgan fingerprint density at radius 2 is 1.81 bits per heavy atom. The molecule has 1 atom stereocenters. The largest absolute Gasteiger partial charge is 0.373 e. The molecule has 2 aromatic carbocycles. The Hall–Kier alpha value is -2.36. The van der Waals surface area contributed by atoms with Crippen molar-refractivity contribution in [1.82, 2.24) is 0 Å². The first kappa shape index (κ1) is 13.6. The van der Waals surface area contributed by atoms with Gasteiger partial charge in [-0.15, -0.1) is 0 Å². The zero-order valence-electron chi connectivity index (χ0n) is 11.8. The smallest absolute Gasteiger partial charge is 0.292 e. The average molecular weight is 282 g/mol. The molecule has 0 heterocycles. The summed E-state index contributed by atoms with van der Waals surface area (Å²) >= 11 is 0. The Bertz CT molecular complexity index is 655. The Morgan fingerprint density at radius 3 is 2.67 bits per heavy atom. The molecule has 0 amide bonds. The number of fused-ring (bicyclic) bond motifs is 1. The number of hydrogen-bond donors (Lipinski definition) is 1. The third-order valence-corrected chi connectivity index (χ3v) is 4.05. The molecule has 0 saturated carbocycles. The highest BCUT2D eigenvalue weighted by atomic mass is 16.6. The van der Waals surface area contributed by atoms with Crippen LogP contribution in [-0.4, -0.2) is 4.92 Å². The van der Waals surface area contributed by atoms with Gasteiger partial charge in [-0.25, -0.2) is 0 Å². The molecule has 21 heavy (non-hydrogen) atoms. The van der Waals surface area contributed by atoms with Gasteiger partial charge in [-0.05, 0) is 36.5 Å². The summed E-state index contributed by atoms with van der Waals surface area (Å²) in [7, 11) is 0. The summed E-state index contributed by atoms with van der Waals surface area (Å²) in [4.78, 5) is 10.8. The lowest BCUT2D eigenvalue weighted by Crippen LogP contribution is -2.12. The molecule has 4 nitrogen and oxygen atoms in total.